The first-order valence-corrected chi connectivity index (χ1v) is 12.1. The molecular weight excluding hydrogens is 412 g/mol. The highest BCUT2D eigenvalue weighted by Crippen LogP contribution is 2.26. The molecule has 1 saturated carbocycles. The van der Waals surface area contributed by atoms with Crippen molar-refractivity contribution in [3.8, 4) is 23.0 Å². The highest BCUT2D eigenvalue weighted by Gasteiger charge is 2.24. The zero-order valence-corrected chi connectivity index (χ0v) is 18.1. The summed E-state index contributed by atoms with van der Waals surface area (Å²) >= 11 is 0. The molecule has 1 aliphatic carbocycles. The zero-order chi connectivity index (χ0) is 22.1. The molecule has 1 aliphatic rings. The Labute approximate surface area is 181 Å². The summed E-state index contributed by atoms with van der Waals surface area (Å²) in [6.07, 6.45) is 7.74. The fourth-order valence-electron chi connectivity index (χ4n) is 3.84. The van der Waals surface area contributed by atoms with Crippen molar-refractivity contribution in [2.24, 2.45) is 5.73 Å². The van der Waals surface area contributed by atoms with Crippen LogP contribution in [-0.4, -0.2) is 20.2 Å². The van der Waals surface area contributed by atoms with Gasteiger partial charge in [0, 0.05) is 11.3 Å². The topological polar surface area (TPSA) is 102 Å². The molecule has 0 radical (unpaired) electrons. The van der Waals surface area contributed by atoms with Gasteiger partial charge in [-0.1, -0.05) is 43.2 Å². The Bertz CT molecular complexity index is 1340. The summed E-state index contributed by atoms with van der Waals surface area (Å²) in [6, 6.07) is 11.9. The van der Waals surface area contributed by atoms with E-state index in [9.17, 15) is 13.2 Å². The number of sulfonamides is 1. The van der Waals surface area contributed by atoms with Crippen LogP contribution in [0.1, 0.15) is 37.7 Å². The van der Waals surface area contributed by atoms with Crippen LogP contribution in [0.2, 0.25) is 0 Å². The first-order valence-electron chi connectivity index (χ1n) is 10.2. The third kappa shape index (κ3) is 4.98. The molecule has 31 heavy (non-hydrogen) atoms. The number of benzene rings is 2. The van der Waals surface area contributed by atoms with Gasteiger partial charge in [0.1, 0.15) is 11.8 Å². The van der Waals surface area contributed by atoms with Gasteiger partial charge in [-0.15, -0.1) is 0 Å². The molecule has 1 aromatic heterocycles. The lowest BCUT2D eigenvalue weighted by atomic mass is 9.83. The maximum Gasteiger partial charge on any atom is 0.229 e. The number of hydrogen-bond acceptors (Lipinski definition) is 5. The molecule has 4 rings (SSSR count). The van der Waals surface area contributed by atoms with E-state index in [1.165, 1.54) is 12.7 Å². The normalized spacial score (nSPS) is 15.8. The Morgan fingerprint density at radius 1 is 1.06 bits per heavy atom. The SMILES string of the molecule is CS(=O)(=O)Nc1ccc(-c2coc3cc(C#CC4(N)CCCCC4)ccc3c2=O)cc1. The van der Waals surface area contributed by atoms with Crippen molar-refractivity contribution in [3.63, 3.8) is 0 Å². The Hall–Kier alpha value is -3.08. The molecule has 1 heterocycles. The number of nitrogens with one attached hydrogen (secondary N) is 1. The van der Waals surface area contributed by atoms with Crippen LogP contribution in [0.5, 0.6) is 0 Å². The van der Waals surface area contributed by atoms with Crippen molar-refractivity contribution in [1.29, 1.82) is 0 Å². The number of rotatable bonds is 3. The van der Waals surface area contributed by atoms with Gasteiger partial charge in [0.2, 0.25) is 10.0 Å². The third-order valence-electron chi connectivity index (χ3n) is 5.48. The van der Waals surface area contributed by atoms with E-state index in [-0.39, 0.29) is 5.43 Å². The molecule has 0 bridgehead atoms. The predicted molar refractivity (Wildman–Crippen MR) is 123 cm³/mol. The predicted octanol–water partition coefficient (Wildman–Crippen LogP) is 3.84. The van der Waals surface area contributed by atoms with Crippen molar-refractivity contribution in [2.45, 2.75) is 37.6 Å². The van der Waals surface area contributed by atoms with Crippen LogP contribution in [-0.2, 0) is 10.0 Å². The smallest absolute Gasteiger partial charge is 0.229 e. The fourth-order valence-corrected chi connectivity index (χ4v) is 4.41. The van der Waals surface area contributed by atoms with E-state index in [4.69, 9.17) is 10.2 Å². The third-order valence-corrected chi connectivity index (χ3v) is 6.08. The van der Waals surface area contributed by atoms with E-state index in [2.05, 4.69) is 16.6 Å². The highest BCUT2D eigenvalue weighted by atomic mass is 32.2. The summed E-state index contributed by atoms with van der Waals surface area (Å²) < 4.78 is 30.8. The molecule has 6 nitrogen and oxygen atoms in total. The Morgan fingerprint density at radius 2 is 1.77 bits per heavy atom. The van der Waals surface area contributed by atoms with Gasteiger partial charge in [-0.2, -0.15) is 0 Å². The summed E-state index contributed by atoms with van der Waals surface area (Å²) in [4.78, 5) is 13.0. The minimum absolute atomic E-state index is 0.160. The Morgan fingerprint density at radius 3 is 2.45 bits per heavy atom. The second-order valence-corrected chi connectivity index (χ2v) is 9.86. The lowest BCUT2D eigenvalue weighted by Gasteiger charge is -2.27. The summed E-state index contributed by atoms with van der Waals surface area (Å²) in [7, 11) is -3.36. The molecule has 0 saturated heterocycles. The van der Waals surface area contributed by atoms with Crippen LogP contribution in [0.15, 0.2) is 57.9 Å². The van der Waals surface area contributed by atoms with Gasteiger partial charge < -0.3 is 10.2 Å². The van der Waals surface area contributed by atoms with Gasteiger partial charge >= 0.3 is 0 Å². The molecule has 0 spiro atoms. The van der Waals surface area contributed by atoms with Gasteiger partial charge in [-0.05, 0) is 48.7 Å². The molecular formula is C24H24N2O4S. The van der Waals surface area contributed by atoms with Gasteiger partial charge in [-0.25, -0.2) is 8.42 Å². The second kappa shape index (κ2) is 8.22. The largest absolute Gasteiger partial charge is 0.463 e. The number of anilines is 1. The van der Waals surface area contributed by atoms with E-state index in [0.29, 0.717) is 27.8 Å². The first-order chi connectivity index (χ1) is 14.7. The van der Waals surface area contributed by atoms with Crippen molar-refractivity contribution in [3.05, 3.63) is 64.5 Å². The van der Waals surface area contributed by atoms with Crippen LogP contribution >= 0.6 is 0 Å². The maximum atomic E-state index is 13.0. The number of hydrogen-bond donors (Lipinski definition) is 2. The van der Waals surface area contributed by atoms with Crippen LogP contribution in [0.3, 0.4) is 0 Å². The maximum absolute atomic E-state index is 13.0. The molecule has 3 N–H and O–H groups in total. The molecule has 0 atom stereocenters. The highest BCUT2D eigenvalue weighted by molar-refractivity contribution is 7.92. The van der Waals surface area contributed by atoms with Gasteiger partial charge in [0.25, 0.3) is 0 Å². The lowest BCUT2D eigenvalue weighted by molar-refractivity contribution is 0.370. The molecule has 160 valence electrons. The van der Waals surface area contributed by atoms with E-state index < -0.39 is 15.6 Å². The van der Waals surface area contributed by atoms with Gasteiger partial charge in [0.05, 0.1) is 22.7 Å². The minimum atomic E-state index is -3.36. The van der Waals surface area contributed by atoms with Crippen LogP contribution in [0.25, 0.3) is 22.1 Å². The quantitative estimate of drug-likeness (QED) is 0.607. The molecule has 1 fully saturated rings. The van der Waals surface area contributed by atoms with Crippen LogP contribution in [0, 0.1) is 11.8 Å². The molecule has 3 aromatic rings. The standard InChI is InChI=1S/C24H24N2O4S/c1-31(28,29)26-19-8-6-18(7-9-19)21-16-30-22-15-17(5-10-20(22)23(21)27)11-14-24(25)12-3-2-4-13-24/h5-10,15-16,26H,2-4,12-13,25H2,1H3. The monoisotopic (exact) mass is 436 g/mol. The Balaban J connectivity index is 1.63. The minimum Gasteiger partial charge on any atom is -0.463 e. The van der Waals surface area contributed by atoms with E-state index in [0.717, 1.165) is 37.5 Å². The zero-order valence-electron chi connectivity index (χ0n) is 17.3. The molecule has 0 aliphatic heterocycles. The van der Waals surface area contributed by atoms with Crippen molar-refractivity contribution < 1.29 is 12.8 Å². The summed E-state index contributed by atoms with van der Waals surface area (Å²) in [6.45, 7) is 0. The summed E-state index contributed by atoms with van der Waals surface area (Å²) in [5.74, 6) is 6.36. The fraction of sp³-hybridized carbons (Fsp3) is 0.292. The van der Waals surface area contributed by atoms with Gasteiger partial charge in [0.15, 0.2) is 5.43 Å². The summed E-state index contributed by atoms with van der Waals surface area (Å²) in [5, 5.41) is 0.460. The first kappa shape index (κ1) is 21.2. The van der Waals surface area contributed by atoms with Crippen LogP contribution in [0.4, 0.5) is 5.69 Å². The van der Waals surface area contributed by atoms with Crippen LogP contribution < -0.4 is 15.9 Å². The van der Waals surface area contributed by atoms with E-state index in [1.807, 2.05) is 0 Å². The number of fused-ring (bicyclic) bond motifs is 1. The Kier molecular flexibility index (Phi) is 5.61. The van der Waals surface area contributed by atoms with Gasteiger partial charge in [-0.3, -0.25) is 9.52 Å². The number of nitrogens with two attached hydrogens (primary N) is 1. The molecule has 2 aromatic carbocycles. The molecule has 0 amide bonds. The molecule has 7 heteroatoms. The average Bonchev–Trinajstić information content (AvgIpc) is 2.73. The molecule has 0 unspecified atom stereocenters. The van der Waals surface area contributed by atoms with Crippen molar-refractivity contribution in [2.75, 3.05) is 11.0 Å². The summed E-state index contributed by atoms with van der Waals surface area (Å²) in [5.41, 5.74) is 8.48. The van der Waals surface area contributed by atoms with Crippen molar-refractivity contribution in [1.82, 2.24) is 0 Å². The average molecular weight is 437 g/mol. The lowest BCUT2D eigenvalue weighted by Crippen LogP contribution is -2.40. The van der Waals surface area contributed by atoms with E-state index >= 15 is 0 Å². The van der Waals surface area contributed by atoms with Crippen molar-refractivity contribution >= 4 is 26.7 Å². The van der Waals surface area contributed by atoms with E-state index in [1.54, 1.807) is 42.5 Å². The second-order valence-electron chi connectivity index (χ2n) is 8.11.